The second-order valence-electron chi connectivity index (χ2n) is 6.72. The molecule has 1 heterocycles. The largest absolute Gasteiger partial charge is 0.369 e. The molecule has 6 nitrogen and oxygen atoms in total. The minimum Gasteiger partial charge on any atom is -0.369 e. The lowest BCUT2D eigenvalue weighted by atomic mass is 9.98. The molecule has 2 atom stereocenters. The molecule has 0 radical (unpaired) electrons. The molecule has 1 aromatic carbocycles. The first-order chi connectivity index (χ1) is 11.8. The van der Waals surface area contributed by atoms with Crippen LogP contribution in [-0.4, -0.2) is 41.8 Å². The van der Waals surface area contributed by atoms with Crippen molar-refractivity contribution in [2.45, 2.75) is 32.7 Å². The highest BCUT2D eigenvalue weighted by Gasteiger charge is 2.35. The first-order valence-corrected chi connectivity index (χ1v) is 8.39. The first-order valence-electron chi connectivity index (χ1n) is 8.39. The van der Waals surface area contributed by atoms with Crippen molar-refractivity contribution in [3.63, 3.8) is 0 Å². The standard InChI is InChI=1S/C18H24FN3O3/c1-11(2)22-10-14(8-16(22)23)18(25)21-9-13(17(20)24)7-12-3-5-15(19)6-4-12/h3-6,11,13-14H,7-10H2,1-2H3,(H2,20,24)(H,21,25)/t13-,14+/m0/s1. The highest BCUT2D eigenvalue weighted by atomic mass is 19.1. The fourth-order valence-electron chi connectivity index (χ4n) is 2.95. The van der Waals surface area contributed by atoms with Gasteiger partial charge in [0.15, 0.2) is 0 Å². The van der Waals surface area contributed by atoms with Crippen LogP contribution in [0.3, 0.4) is 0 Å². The summed E-state index contributed by atoms with van der Waals surface area (Å²) < 4.78 is 12.9. The van der Waals surface area contributed by atoms with Crippen molar-refractivity contribution in [2.75, 3.05) is 13.1 Å². The first kappa shape index (κ1) is 18.9. The van der Waals surface area contributed by atoms with E-state index in [0.29, 0.717) is 13.0 Å². The third-order valence-corrected chi connectivity index (χ3v) is 4.47. The van der Waals surface area contributed by atoms with Gasteiger partial charge in [0.1, 0.15) is 5.82 Å². The Hall–Kier alpha value is -2.44. The van der Waals surface area contributed by atoms with Crippen molar-refractivity contribution in [1.82, 2.24) is 10.2 Å². The molecular weight excluding hydrogens is 325 g/mol. The van der Waals surface area contributed by atoms with E-state index in [0.717, 1.165) is 5.56 Å². The lowest BCUT2D eigenvalue weighted by Crippen LogP contribution is -2.40. The van der Waals surface area contributed by atoms with E-state index >= 15 is 0 Å². The van der Waals surface area contributed by atoms with E-state index in [1.54, 1.807) is 17.0 Å². The number of nitrogens with two attached hydrogens (primary N) is 1. The second-order valence-corrected chi connectivity index (χ2v) is 6.72. The van der Waals surface area contributed by atoms with E-state index in [1.807, 2.05) is 13.8 Å². The molecule has 1 aliphatic rings. The number of rotatable bonds is 7. The van der Waals surface area contributed by atoms with Gasteiger partial charge in [-0.3, -0.25) is 14.4 Å². The molecule has 1 fully saturated rings. The minimum atomic E-state index is -0.590. The third kappa shape index (κ3) is 5.01. The Morgan fingerprint density at radius 1 is 1.32 bits per heavy atom. The van der Waals surface area contributed by atoms with Crippen LogP contribution in [0.1, 0.15) is 25.8 Å². The zero-order valence-corrected chi connectivity index (χ0v) is 14.5. The number of halogens is 1. The van der Waals surface area contributed by atoms with Crippen molar-refractivity contribution in [3.8, 4) is 0 Å². The number of hydrogen-bond acceptors (Lipinski definition) is 3. The minimum absolute atomic E-state index is 0.0343. The zero-order chi connectivity index (χ0) is 18.6. The van der Waals surface area contributed by atoms with Crippen molar-refractivity contribution >= 4 is 17.7 Å². The molecule has 1 aromatic rings. The zero-order valence-electron chi connectivity index (χ0n) is 14.5. The number of carbonyl (C=O) groups is 3. The van der Waals surface area contributed by atoms with Gasteiger partial charge in [0.05, 0.1) is 11.8 Å². The molecule has 1 aliphatic heterocycles. The number of benzene rings is 1. The molecule has 25 heavy (non-hydrogen) atoms. The Labute approximate surface area is 146 Å². The van der Waals surface area contributed by atoms with Gasteiger partial charge < -0.3 is 16.0 Å². The molecule has 3 amide bonds. The van der Waals surface area contributed by atoms with Gasteiger partial charge >= 0.3 is 0 Å². The predicted molar refractivity (Wildman–Crippen MR) is 90.8 cm³/mol. The van der Waals surface area contributed by atoms with Gasteiger partial charge in [-0.15, -0.1) is 0 Å². The monoisotopic (exact) mass is 349 g/mol. The van der Waals surface area contributed by atoms with Crippen LogP contribution in [0, 0.1) is 17.7 Å². The lowest BCUT2D eigenvalue weighted by Gasteiger charge is -2.21. The SMILES string of the molecule is CC(C)N1C[C@H](C(=O)NC[C@H](Cc2ccc(F)cc2)C(N)=O)CC1=O. The van der Waals surface area contributed by atoms with E-state index in [2.05, 4.69) is 5.32 Å². The molecule has 136 valence electrons. The predicted octanol–water partition coefficient (Wildman–Crippen LogP) is 0.843. The number of nitrogens with one attached hydrogen (secondary N) is 1. The summed E-state index contributed by atoms with van der Waals surface area (Å²) in [5.41, 5.74) is 6.18. The van der Waals surface area contributed by atoms with Gasteiger partial charge in [0.2, 0.25) is 17.7 Å². The van der Waals surface area contributed by atoms with Crippen molar-refractivity contribution in [2.24, 2.45) is 17.6 Å². The summed E-state index contributed by atoms with van der Waals surface area (Å²) >= 11 is 0. The maximum Gasteiger partial charge on any atom is 0.225 e. The average molecular weight is 349 g/mol. The summed E-state index contributed by atoms with van der Waals surface area (Å²) in [6, 6.07) is 5.86. The highest BCUT2D eigenvalue weighted by molar-refractivity contribution is 5.89. The number of hydrogen-bond donors (Lipinski definition) is 2. The van der Waals surface area contributed by atoms with E-state index in [1.165, 1.54) is 12.1 Å². The summed E-state index contributed by atoms with van der Waals surface area (Å²) in [6.45, 7) is 4.30. The fourth-order valence-corrected chi connectivity index (χ4v) is 2.95. The highest BCUT2D eigenvalue weighted by Crippen LogP contribution is 2.20. The fraction of sp³-hybridized carbons (Fsp3) is 0.500. The topological polar surface area (TPSA) is 92.5 Å². The molecule has 7 heteroatoms. The second kappa shape index (κ2) is 8.09. The van der Waals surface area contributed by atoms with Crippen molar-refractivity contribution < 1.29 is 18.8 Å². The number of amides is 3. The number of primary amides is 1. The molecule has 0 aliphatic carbocycles. The van der Waals surface area contributed by atoms with Gasteiger partial charge in [-0.1, -0.05) is 12.1 Å². The Balaban J connectivity index is 1.90. The molecule has 0 saturated carbocycles. The van der Waals surface area contributed by atoms with Crippen LogP contribution in [0.2, 0.25) is 0 Å². The Morgan fingerprint density at radius 3 is 2.48 bits per heavy atom. The Bertz CT molecular complexity index is 645. The quantitative estimate of drug-likeness (QED) is 0.764. The van der Waals surface area contributed by atoms with E-state index < -0.39 is 17.7 Å². The maximum absolute atomic E-state index is 12.9. The third-order valence-electron chi connectivity index (χ3n) is 4.47. The van der Waals surface area contributed by atoms with Crippen LogP contribution in [0.25, 0.3) is 0 Å². The summed E-state index contributed by atoms with van der Waals surface area (Å²) in [7, 11) is 0. The number of carbonyl (C=O) groups excluding carboxylic acids is 3. The van der Waals surface area contributed by atoms with E-state index in [4.69, 9.17) is 5.73 Å². The van der Waals surface area contributed by atoms with Crippen LogP contribution in [-0.2, 0) is 20.8 Å². The van der Waals surface area contributed by atoms with Gasteiger partial charge in [-0.05, 0) is 38.0 Å². The molecular formula is C18H24FN3O3. The van der Waals surface area contributed by atoms with Crippen LogP contribution >= 0.6 is 0 Å². The normalized spacial score (nSPS) is 18.5. The van der Waals surface area contributed by atoms with Gasteiger partial charge in [-0.25, -0.2) is 4.39 Å². The van der Waals surface area contributed by atoms with Gasteiger partial charge in [0.25, 0.3) is 0 Å². The van der Waals surface area contributed by atoms with E-state index in [9.17, 15) is 18.8 Å². The summed E-state index contributed by atoms with van der Waals surface area (Å²) in [4.78, 5) is 37.5. The van der Waals surface area contributed by atoms with Crippen LogP contribution < -0.4 is 11.1 Å². The molecule has 0 unspecified atom stereocenters. The molecule has 1 saturated heterocycles. The Morgan fingerprint density at radius 2 is 1.96 bits per heavy atom. The van der Waals surface area contributed by atoms with E-state index in [-0.39, 0.29) is 36.6 Å². The molecule has 0 bridgehead atoms. The molecule has 2 rings (SSSR count). The summed E-state index contributed by atoms with van der Waals surface area (Å²) in [5, 5.41) is 2.72. The van der Waals surface area contributed by atoms with Crippen LogP contribution in [0.15, 0.2) is 24.3 Å². The summed E-state index contributed by atoms with van der Waals surface area (Å²) in [5.74, 6) is -2.17. The van der Waals surface area contributed by atoms with Crippen molar-refractivity contribution in [1.29, 1.82) is 0 Å². The lowest BCUT2D eigenvalue weighted by molar-refractivity contribution is -0.130. The molecule has 0 aromatic heterocycles. The smallest absolute Gasteiger partial charge is 0.225 e. The van der Waals surface area contributed by atoms with Gasteiger partial charge in [0, 0.05) is 25.6 Å². The maximum atomic E-state index is 12.9. The van der Waals surface area contributed by atoms with Crippen molar-refractivity contribution in [3.05, 3.63) is 35.6 Å². The Kier molecular flexibility index (Phi) is 6.12. The van der Waals surface area contributed by atoms with Crippen LogP contribution in [0.5, 0.6) is 0 Å². The summed E-state index contributed by atoms with van der Waals surface area (Å²) in [6.07, 6.45) is 0.501. The molecule has 3 N–H and O–H groups in total. The average Bonchev–Trinajstić information content (AvgIpc) is 2.95. The van der Waals surface area contributed by atoms with Crippen LogP contribution in [0.4, 0.5) is 4.39 Å². The number of likely N-dealkylation sites (tertiary alicyclic amines) is 1. The number of nitrogens with zero attached hydrogens (tertiary/aromatic N) is 1. The molecule has 0 spiro atoms. The van der Waals surface area contributed by atoms with Gasteiger partial charge in [-0.2, -0.15) is 0 Å².